The smallest absolute Gasteiger partial charge is 0.195 e. The quantitative estimate of drug-likeness (QED) is 0.742. The highest BCUT2D eigenvalue weighted by atomic mass is 19.1. The number of rotatable bonds is 3. The van der Waals surface area contributed by atoms with Crippen molar-refractivity contribution in [2.24, 2.45) is 0 Å². The van der Waals surface area contributed by atoms with Crippen molar-refractivity contribution in [2.75, 3.05) is 7.11 Å². The van der Waals surface area contributed by atoms with Crippen LogP contribution in [0.3, 0.4) is 0 Å². The first-order valence-corrected chi connectivity index (χ1v) is 6.56. The average Bonchev–Trinajstić information content (AvgIpc) is 2.92. The molecule has 106 valence electrons. The maximum atomic E-state index is 13.8. The predicted octanol–water partition coefficient (Wildman–Crippen LogP) is 3.86. The van der Waals surface area contributed by atoms with Crippen LogP contribution in [0, 0.1) is 12.7 Å². The molecule has 2 aromatic carbocycles. The Morgan fingerprint density at radius 2 is 2.05 bits per heavy atom. The number of aromatic nitrogens is 1. The summed E-state index contributed by atoms with van der Waals surface area (Å²) in [4.78, 5) is 15.7. The first-order valence-electron chi connectivity index (χ1n) is 6.56. The number of carbonyl (C=O) groups is 1. The van der Waals surface area contributed by atoms with Crippen LogP contribution in [-0.4, -0.2) is 17.9 Å². The lowest BCUT2D eigenvalue weighted by Crippen LogP contribution is -2.02. The topological polar surface area (TPSA) is 42.1 Å². The van der Waals surface area contributed by atoms with Gasteiger partial charge in [0.2, 0.25) is 0 Å². The Kier molecular flexibility index (Phi) is 3.22. The summed E-state index contributed by atoms with van der Waals surface area (Å²) in [7, 11) is 1.39. The Bertz CT molecular complexity index is 836. The minimum atomic E-state index is -0.542. The number of nitrogens with one attached hydrogen (secondary N) is 1. The van der Waals surface area contributed by atoms with Crippen molar-refractivity contribution >= 4 is 16.7 Å². The molecule has 0 aliphatic heterocycles. The highest BCUT2D eigenvalue weighted by Crippen LogP contribution is 2.26. The summed E-state index contributed by atoms with van der Waals surface area (Å²) in [5.41, 5.74) is 2.75. The number of hydrogen-bond acceptors (Lipinski definition) is 2. The minimum Gasteiger partial charge on any atom is -0.494 e. The normalized spacial score (nSPS) is 10.8. The van der Waals surface area contributed by atoms with E-state index in [0.29, 0.717) is 11.1 Å². The molecule has 0 spiro atoms. The van der Waals surface area contributed by atoms with Crippen molar-refractivity contribution in [1.29, 1.82) is 0 Å². The highest BCUT2D eigenvalue weighted by Gasteiger charge is 2.17. The second-order valence-corrected chi connectivity index (χ2v) is 4.88. The third-order valence-corrected chi connectivity index (χ3v) is 3.57. The monoisotopic (exact) mass is 283 g/mol. The van der Waals surface area contributed by atoms with Crippen LogP contribution in [0.2, 0.25) is 0 Å². The first-order chi connectivity index (χ1) is 10.1. The number of carbonyl (C=O) groups excluding carboxylic acids is 1. The molecule has 0 bridgehead atoms. The van der Waals surface area contributed by atoms with Crippen LogP contribution in [0.5, 0.6) is 5.75 Å². The van der Waals surface area contributed by atoms with Gasteiger partial charge in [0.05, 0.1) is 7.11 Å². The maximum Gasteiger partial charge on any atom is 0.195 e. The van der Waals surface area contributed by atoms with Crippen molar-refractivity contribution in [3.63, 3.8) is 0 Å². The number of methoxy groups -OCH3 is 1. The van der Waals surface area contributed by atoms with Gasteiger partial charge in [0.15, 0.2) is 17.3 Å². The van der Waals surface area contributed by atoms with Crippen molar-refractivity contribution < 1.29 is 13.9 Å². The summed E-state index contributed by atoms with van der Waals surface area (Å²) in [6, 6.07) is 10.0. The Labute approximate surface area is 121 Å². The van der Waals surface area contributed by atoms with E-state index in [1.54, 1.807) is 12.3 Å². The molecular formula is C17H14FNO2. The molecule has 1 aromatic heterocycles. The zero-order chi connectivity index (χ0) is 15.0. The van der Waals surface area contributed by atoms with Crippen LogP contribution in [0.15, 0.2) is 42.6 Å². The van der Waals surface area contributed by atoms with E-state index in [-0.39, 0.29) is 11.5 Å². The number of benzene rings is 2. The van der Waals surface area contributed by atoms with Gasteiger partial charge in [-0.2, -0.15) is 0 Å². The average molecular weight is 283 g/mol. The Morgan fingerprint density at radius 1 is 1.24 bits per heavy atom. The van der Waals surface area contributed by atoms with Crippen LogP contribution in [0.1, 0.15) is 21.5 Å². The summed E-state index contributed by atoms with van der Waals surface area (Å²) in [6.45, 7) is 1.95. The molecule has 0 unspecified atom stereocenters. The summed E-state index contributed by atoms with van der Waals surface area (Å²) in [5.74, 6) is -0.626. The number of aromatic amines is 1. The van der Waals surface area contributed by atoms with Gasteiger partial charge in [0.1, 0.15) is 0 Å². The molecule has 0 atom stereocenters. The Hall–Kier alpha value is -2.62. The third-order valence-electron chi connectivity index (χ3n) is 3.57. The summed E-state index contributed by atoms with van der Waals surface area (Å²) >= 11 is 0. The number of aryl methyl sites for hydroxylation is 1. The molecular weight excluding hydrogens is 269 g/mol. The zero-order valence-electron chi connectivity index (χ0n) is 11.7. The second kappa shape index (κ2) is 5.05. The molecule has 0 saturated carbocycles. The van der Waals surface area contributed by atoms with E-state index in [1.807, 2.05) is 25.1 Å². The Morgan fingerprint density at radius 3 is 2.76 bits per heavy atom. The second-order valence-electron chi connectivity index (χ2n) is 4.88. The van der Waals surface area contributed by atoms with Gasteiger partial charge in [-0.15, -0.1) is 0 Å². The van der Waals surface area contributed by atoms with E-state index >= 15 is 0 Å². The van der Waals surface area contributed by atoms with Crippen LogP contribution < -0.4 is 4.74 Å². The van der Waals surface area contributed by atoms with Crippen molar-refractivity contribution in [3.05, 3.63) is 65.1 Å². The van der Waals surface area contributed by atoms with Gasteiger partial charge in [0, 0.05) is 28.2 Å². The Balaban J connectivity index is 2.11. The molecule has 3 aromatic rings. The van der Waals surface area contributed by atoms with Crippen LogP contribution >= 0.6 is 0 Å². The number of ether oxygens (including phenoxy) is 1. The molecule has 0 saturated heterocycles. The van der Waals surface area contributed by atoms with Crippen LogP contribution in [-0.2, 0) is 0 Å². The molecule has 1 heterocycles. The van der Waals surface area contributed by atoms with Crippen LogP contribution in [0.25, 0.3) is 10.9 Å². The van der Waals surface area contributed by atoms with Crippen LogP contribution in [0.4, 0.5) is 4.39 Å². The minimum absolute atomic E-state index is 0.127. The standard InChI is InChI=1S/C17H14FNO2/c1-10-4-3-5-14-16(10)12(9-19-14)17(20)11-6-7-15(21-2)13(18)8-11/h3-9,19H,1-2H3. The highest BCUT2D eigenvalue weighted by molar-refractivity contribution is 6.17. The molecule has 21 heavy (non-hydrogen) atoms. The van der Waals surface area contributed by atoms with E-state index in [9.17, 15) is 9.18 Å². The first kappa shape index (κ1) is 13.4. The van der Waals surface area contributed by atoms with Gasteiger partial charge in [-0.1, -0.05) is 12.1 Å². The largest absolute Gasteiger partial charge is 0.494 e. The van der Waals surface area contributed by atoms with E-state index in [1.165, 1.54) is 19.2 Å². The molecule has 0 amide bonds. The fourth-order valence-electron chi connectivity index (χ4n) is 2.51. The van der Waals surface area contributed by atoms with Gasteiger partial charge in [-0.3, -0.25) is 4.79 Å². The molecule has 3 nitrogen and oxygen atoms in total. The number of H-pyrrole nitrogens is 1. The van der Waals surface area contributed by atoms with Gasteiger partial charge in [-0.25, -0.2) is 4.39 Å². The lowest BCUT2D eigenvalue weighted by atomic mass is 10.00. The summed E-state index contributed by atoms with van der Waals surface area (Å²) < 4.78 is 18.6. The number of hydrogen-bond donors (Lipinski definition) is 1. The van der Waals surface area contributed by atoms with Gasteiger partial charge < -0.3 is 9.72 Å². The zero-order valence-corrected chi connectivity index (χ0v) is 11.7. The number of halogens is 1. The molecule has 3 rings (SSSR count). The fraction of sp³-hybridized carbons (Fsp3) is 0.118. The SMILES string of the molecule is COc1ccc(C(=O)c2c[nH]c3cccc(C)c23)cc1F. The third kappa shape index (κ3) is 2.18. The van der Waals surface area contributed by atoms with E-state index in [0.717, 1.165) is 16.5 Å². The summed E-state index contributed by atoms with van der Waals surface area (Å²) in [6.07, 6.45) is 1.67. The molecule has 0 radical (unpaired) electrons. The number of fused-ring (bicyclic) bond motifs is 1. The molecule has 0 aliphatic rings. The molecule has 0 fully saturated rings. The molecule has 1 N–H and O–H groups in total. The predicted molar refractivity (Wildman–Crippen MR) is 79.4 cm³/mol. The van der Waals surface area contributed by atoms with Crippen molar-refractivity contribution in [3.8, 4) is 5.75 Å². The fourth-order valence-corrected chi connectivity index (χ4v) is 2.51. The van der Waals surface area contributed by atoms with E-state index < -0.39 is 5.82 Å². The van der Waals surface area contributed by atoms with Crippen molar-refractivity contribution in [2.45, 2.75) is 6.92 Å². The van der Waals surface area contributed by atoms with Gasteiger partial charge >= 0.3 is 0 Å². The van der Waals surface area contributed by atoms with E-state index in [4.69, 9.17) is 4.74 Å². The maximum absolute atomic E-state index is 13.8. The van der Waals surface area contributed by atoms with E-state index in [2.05, 4.69) is 4.98 Å². The molecule has 4 heteroatoms. The van der Waals surface area contributed by atoms with Gasteiger partial charge in [0.25, 0.3) is 0 Å². The lowest BCUT2D eigenvalue weighted by molar-refractivity contribution is 0.104. The summed E-state index contributed by atoms with van der Waals surface area (Å²) in [5, 5.41) is 0.874. The lowest BCUT2D eigenvalue weighted by Gasteiger charge is -2.05. The van der Waals surface area contributed by atoms with Crippen molar-refractivity contribution in [1.82, 2.24) is 4.98 Å². The molecule has 0 aliphatic carbocycles. The number of ketones is 1. The van der Waals surface area contributed by atoms with Gasteiger partial charge in [-0.05, 0) is 36.8 Å².